The Morgan fingerprint density at radius 3 is 2.38 bits per heavy atom. The van der Waals surface area contributed by atoms with Gasteiger partial charge in [-0.3, -0.25) is 0 Å². The lowest BCUT2D eigenvalue weighted by molar-refractivity contribution is 0.459. The zero-order valence-corrected chi connectivity index (χ0v) is 10.3. The van der Waals surface area contributed by atoms with Crippen LogP contribution >= 0.6 is 0 Å². The number of benzene rings is 1. The summed E-state index contributed by atoms with van der Waals surface area (Å²) in [6.07, 6.45) is 0. The van der Waals surface area contributed by atoms with Gasteiger partial charge in [-0.15, -0.1) is 0 Å². The topological polar surface area (TPSA) is 29.3 Å². The molecule has 0 radical (unpaired) electrons. The smallest absolute Gasteiger partial charge is 0.146 e. The lowest BCUT2D eigenvalue weighted by atomic mass is 10.0. The number of anilines is 1. The summed E-state index contributed by atoms with van der Waals surface area (Å²) in [5.74, 6) is 0.230. The van der Waals surface area contributed by atoms with Crippen molar-refractivity contribution in [1.82, 2.24) is 0 Å². The highest BCUT2D eigenvalue weighted by Crippen LogP contribution is 2.23. The molecule has 0 amide bonds. The van der Waals surface area contributed by atoms with Crippen LogP contribution in [0.3, 0.4) is 0 Å². The molecule has 16 heavy (non-hydrogen) atoms. The summed E-state index contributed by atoms with van der Waals surface area (Å²) in [6, 6.07) is 7.05. The van der Waals surface area contributed by atoms with Crippen LogP contribution in [0.2, 0.25) is 0 Å². The van der Waals surface area contributed by atoms with Gasteiger partial charge in [0.25, 0.3) is 0 Å². The van der Waals surface area contributed by atoms with Gasteiger partial charge in [-0.1, -0.05) is 26.0 Å². The van der Waals surface area contributed by atoms with Crippen molar-refractivity contribution in [2.45, 2.75) is 26.8 Å². The Hall–Kier alpha value is -1.09. The van der Waals surface area contributed by atoms with Crippen LogP contribution < -0.4 is 10.6 Å². The zero-order chi connectivity index (χ0) is 12.1. The fraction of sp³-hybridized carbons (Fsp3) is 0.538. The van der Waals surface area contributed by atoms with E-state index in [1.54, 1.807) is 6.07 Å². The Morgan fingerprint density at radius 2 is 1.94 bits per heavy atom. The van der Waals surface area contributed by atoms with Gasteiger partial charge >= 0.3 is 0 Å². The predicted octanol–water partition coefficient (Wildman–Crippen LogP) is 2.64. The normalized spacial score (nSPS) is 12.9. The summed E-state index contributed by atoms with van der Waals surface area (Å²) in [7, 11) is 0. The van der Waals surface area contributed by atoms with E-state index < -0.39 is 0 Å². The fourth-order valence-electron chi connectivity index (χ4n) is 2.03. The van der Waals surface area contributed by atoms with Crippen molar-refractivity contribution in [1.29, 1.82) is 0 Å². The molecule has 0 aliphatic heterocycles. The third kappa shape index (κ3) is 2.73. The summed E-state index contributed by atoms with van der Waals surface area (Å²) >= 11 is 0. The van der Waals surface area contributed by atoms with E-state index in [2.05, 4.69) is 13.8 Å². The summed E-state index contributed by atoms with van der Waals surface area (Å²) in [5, 5.41) is 0. The molecule has 0 aliphatic rings. The van der Waals surface area contributed by atoms with Crippen LogP contribution in [-0.2, 0) is 0 Å². The lowest BCUT2D eigenvalue weighted by Gasteiger charge is -2.34. The molecule has 0 heterocycles. The molecule has 0 saturated heterocycles. The van der Waals surface area contributed by atoms with E-state index in [1.807, 2.05) is 24.0 Å². The molecular formula is C13H21FN2. The molecule has 90 valence electrons. The van der Waals surface area contributed by atoms with Crippen molar-refractivity contribution >= 4 is 5.69 Å². The molecule has 0 aliphatic carbocycles. The minimum absolute atomic E-state index is 0.177. The molecule has 1 rings (SSSR count). The first-order chi connectivity index (χ1) is 7.61. The van der Waals surface area contributed by atoms with Gasteiger partial charge in [-0.05, 0) is 25.0 Å². The van der Waals surface area contributed by atoms with Crippen molar-refractivity contribution in [3.05, 3.63) is 30.1 Å². The minimum Gasteiger partial charge on any atom is -0.365 e. The third-order valence-electron chi connectivity index (χ3n) is 2.91. The maximum atomic E-state index is 13.7. The van der Waals surface area contributed by atoms with Crippen LogP contribution in [0.5, 0.6) is 0 Å². The van der Waals surface area contributed by atoms with Crippen molar-refractivity contribution in [3.63, 3.8) is 0 Å². The van der Waals surface area contributed by atoms with Crippen LogP contribution in [0.4, 0.5) is 10.1 Å². The first kappa shape index (κ1) is 13.0. The standard InChI is InChI=1S/C13H21FN2/c1-4-16(13(9-15)10(2)3)12-8-6-5-7-11(12)14/h5-8,10,13H,4,9,15H2,1-3H3. The zero-order valence-electron chi connectivity index (χ0n) is 10.3. The van der Waals surface area contributed by atoms with Crippen molar-refractivity contribution in [3.8, 4) is 0 Å². The van der Waals surface area contributed by atoms with E-state index in [9.17, 15) is 4.39 Å². The summed E-state index contributed by atoms with van der Waals surface area (Å²) in [4.78, 5) is 2.04. The Bertz CT molecular complexity index is 325. The van der Waals surface area contributed by atoms with Crippen molar-refractivity contribution < 1.29 is 4.39 Å². The highest BCUT2D eigenvalue weighted by atomic mass is 19.1. The quantitative estimate of drug-likeness (QED) is 0.833. The molecule has 0 aromatic heterocycles. The van der Waals surface area contributed by atoms with Gasteiger partial charge in [0.2, 0.25) is 0 Å². The van der Waals surface area contributed by atoms with Gasteiger partial charge < -0.3 is 10.6 Å². The summed E-state index contributed by atoms with van der Waals surface area (Å²) in [6.45, 7) is 7.56. The molecule has 1 aromatic carbocycles. The summed E-state index contributed by atoms with van der Waals surface area (Å²) in [5.41, 5.74) is 6.42. The molecule has 3 heteroatoms. The van der Waals surface area contributed by atoms with Gasteiger partial charge in [0.1, 0.15) is 5.82 Å². The maximum absolute atomic E-state index is 13.7. The van der Waals surface area contributed by atoms with Crippen LogP contribution in [0.25, 0.3) is 0 Å². The molecule has 0 saturated carbocycles. The predicted molar refractivity (Wildman–Crippen MR) is 67.1 cm³/mol. The van der Waals surface area contributed by atoms with Gasteiger partial charge in [0.05, 0.1) is 5.69 Å². The SMILES string of the molecule is CCN(c1ccccc1F)C(CN)C(C)C. The van der Waals surface area contributed by atoms with E-state index in [0.29, 0.717) is 18.2 Å². The Kier molecular flexibility index (Phi) is 4.74. The largest absolute Gasteiger partial charge is 0.365 e. The second-order valence-electron chi connectivity index (χ2n) is 4.28. The Morgan fingerprint density at radius 1 is 1.31 bits per heavy atom. The molecule has 1 unspecified atom stereocenters. The van der Waals surface area contributed by atoms with Crippen molar-refractivity contribution in [2.75, 3.05) is 18.0 Å². The number of likely N-dealkylation sites (N-methyl/N-ethyl adjacent to an activating group) is 1. The molecule has 0 bridgehead atoms. The first-order valence-corrected chi connectivity index (χ1v) is 5.83. The number of para-hydroxylation sites is 1. The van der Waals surface area contributed by atoms with E-state index in [-0.39, 0.29) is 11.9 Å². The fourth-order valence-corrected chi connectivity index (χ4v) is 2.03. The number of rotatable bonds is 5. The number of nitrogens with zero attached hydrogens (tertiary/aromatic N) is 1. The van der Waals surface area contributed by atoms with Gasteiger partial charge in [0.15, 0.2) is 0 Å². The molecule has 1 aromatic rings. The second-order valence-corrected chi connectivity index (χ2v) is 4.28. The Balaban J connectivity index is 3.02. The highest BCUT2D eigenvalue weighted by molar-refractivity contribution is 5.48. The van der Waals surface area contributed by atoms with Crippen LogP contribution in [0, 0.1) is 11.7 Å². The average molecular weight is 224 g/mol. The minimum atomic E-state index is -0.177. The van der Waals surface area contributed by atoms with Gasteiger partial charge in [0, 0.05) is 19.1 Å². The number of hydrogen-bond acceptors (Lipinski definition) is 2. The lowest BCUT2D eigenvalue weighted by Crippen LogP contribution is -2.44. The second kappa shape index (κ2) is 5.85. The van der Waals surface area contributed by atoms with Crippen LogP contribution in [-0.4, -0.2) is 19.1 Å². The van der Waals surface area contributed by atoms with Gasteiger partial charge in [-0.25, -0.2) is 4.39 Å². The molecule has 0 spiro atoms. The molecular weight excluding hydrogens is 203 g/mol. The molecule has 1 atom stereocenters. The molecule has 0 fully saturated rings. The van der Waals surface area contributed by atoms with E-state index in [0.717, 1.165) is 6.54 Å². The average Bonchev–Trinajstić information content (AvgIpc) is 2.26. The monoisotopic (exact) mass is 224 g/mol. The number of nitrogens with two attached hydrogens (primary N) is 1. The van der Waals surface area contributed by atoms with Gasteiger partial charge in [-0.2, -0.15) is 0 Å². The van der Waals surface area contributed by atoms with E-state index in [1.165, 1.54) is 6.07 Å². The van der Waals surface area contributed by atoms with Crippen LogP contribution in [0.1, 0.15) is 20.8 Å². The third-order valence-corrected chi connectivity index (χ3v) is 2.91. The number of hydrogen-bond donors (Lipinski definition) is 1. The first-order valence-electron chi connectivity index (χ1n) is 5.83. The summed E-state index contributed by atoms with van der Waals surface area (Å²) < 4.78 is 13.7. The molecule has 2 N–H and O–H groups in total. The van der Waals surface area contributed by atoms with E-state index in [4.69, 9.17) is 5.73 Å². The Labute approximate surface area is 97.3 Å². The maximum Gasteiger partial charge on any atom is 0.146 e. The number of halogens is 1. The van der Waals surface area contributed by atoms with Crippen molar-refractivity contribution in [2.24, 2.45) is 11.7 Å². The van der Waals surface area contributed by atoms with Crippen LogP contribution in [0.15, 0.2) is 24.3 Å². The highest BCUT2D eigenvalue weighted by Gasteiger charge is 2.21. The van der Waals surface area contributed by atoms with E-state index >= 15 is 0 Å². The molecule has 2 nitrogen and oxygen atoms in total.